The van der Waals surface area contributed by atoms with Gasteiger partial charge in [0, 0.05) is 24.4 Å². The van der Waals surface area contributed by atoms with Crippen LogP contribution in [0.4, 0.5) is 0 Å². The number of thiophene rings is 1. The van der Waals surface area contributed by atoms with Crippen LogP contribution in [-0.2, 0) is 21.2 Å². The molecule has 0 bridgehead atoms. The molecule has 2 atom stereocenters. The minimum absolute atomic E-state index is 0.0543. The Morgan fingerprint density at radius 2 is 2.14 bits per heavy atom. The van der Waals surface area contributed by atoms with Gasteiger partial charge in [0.1, 0.15) is 4.21 Å². The van der Waals surface area contributed by atoms with Crippen LogP contribution >= 0.6 is 11.3 Å². The molecule has 2 N–H and O–H groups in total. The lowest BCUT2D eigenvalue weighted by Gasteiger charge is -2.26. The van der Waals surface area contributed by atoms with E-state index < -0.39 is 10.0 Å². The number of carbonyl (C=O) groups is 1. The first-order chi connectivity index (χ1) is 10.4. The van der Waals surface area contributed by atoms with Crippen molar-refractivity contribution in [1.82, 2.24) is 10.0 Å². The second-order valence-corrected chi connectivity index (χ2v) is 9.15. The highest BCUT2D eigenvalue weighted by molar-refractivity contribution is 7.91. The average Bonchev–Trinajstić information content (AvgIpc) is 2.87. The largest absolute Gasteiger partial charge is 0.356 e. The van der Waals surface area contributed by atoms with Crippen molar-refractivity contribution < 1.29 is 13.2 Å². The Labute approximate surface area is 136 Å². The van der Waals surface area contributed by atoms with Crippen molar-refractivity contribution in [3.8, 4) is 0 Å². The first kappa shape index (κ1) is 17.4. The van der Waals surface area contributed by atoms with Crippen LogP contribution in [0.2, 0.25) is 0 Å². The van der Waals surface area contributed by atoms with E-state index in [1.54, 1.807) is 6.07 Å². The number of amides is 1. The third-order valence-corrected chi connectivity index (χ3v) is 7.06. The summed E-state index contributed by atoms with van der Waals surface area (Å²) in [5.41, 5.74) is 0. The molecular formula is C15H24N2O3S2. The predicted octanol–water partition coefficient (Wildman–Crippen LogP) is 2.28. The molecule has 5 nitrogen and oxygen atoms in total. The maximum atomic E-state index is 12.4. The average molecular weight is 345 g/mol. The molecule has 1 saturated carbocycles. The van der Waals surface area contributed by atoms with Crippen molar-refractivity contribution in [2.75, 3.05) is 6.54 Å². The van der Waals surface area contributed by atoms with Gasteiger partial charge in [-0.2, -0.15) is 0 Å². The number of hydrogen-bond acceptors (Lipinski definition) is 4. The van der Waals surface area contributed by atoms with Gasteiger partial charge in [-0.1, -0.05) is 19.8 Å². The van der Waals surface area contributed by atoms with Gasteiger partial charge in [-0.25, -0.2) is 13.1 Å². The van der Waals surface area contributed by atoms with Gasteiger partial charge < -0.3 is 5.32 Å². The molecule has 1 heterocycles. The van der Waals surface area contributed by atoms with E-state index in [1.165, 1.54) is 24.7 Å². The predicted molar refractivity (Wildman–Crippen MR) is 88.4 cm³/mol. The van der Waals surface area contributed by atoms with Crippen LogP contribution in [0, 0.1) is 5.92 Å². The summed E-state index contributed by atoms with van der Waals surface area (Å²) in [6.45, 7) is 4.17. The minimum Gasteiger partial charge on any atom is -0.356 e. The lowest BCUT2D eigenvalue weighted by molar-refractivity contribution is -0.118. The number of nitrogens with one attached hydrogen (secondary N) is 2. The normalized spacial score (nSPS) is 22.5. The van der Waals surface area contributed by atoms with E-state index in [2.05, 4.69) is 17.0 Å². The number of hydrogen-bond donors (Lipinski definition) is 2. The van der Waals surface area contributed by atoms with Crippen molar-refractivity contribution in [2.24, 2.45) is 5.92 Å². The van der Waals surface area contributed by atoms with E-state index in [-0.39, 0.29) is 11.9 Å². The van der Waals surface area contributed by atoms with Gasteiger partial charge in [0.05, 0.1) is 0 Å². The molecule has 1 aliphatic rings. The highest BCUT2D eigenvalue weighted by atomic mass is 32.2. The molecule has 1 aromatic rings. The highest BCUT2D eigenvalue weighted by Crippen LogP contribution is 2.27. The zero-order valence-electron chi connectivity index (χ0n) is 13.1. The molecule has 124 valence electrons. The summed E-state index contributed by atoms with van der Waals surface area (Å²) in [6, 6.07) is 3.53. The molecule has 0 radical (unpaired) electrons. The smallest absolute Gasteiger partial charge is 0.250 e. The Kier molecular flexibility index (Phi) is 6.00. The van der Waals surface area contributed by atoms with Gasteiger partial charge in [-0.15, -0.1) is 11.3 Å². The van der Waals surface area contributed by atoms with Crippen LogP contribution in [0.1, 0.15) is 44.4 Å². The molecule has 1 aliphatic carbocycles. The van der Waals surface area contributed by atoms with Crippen molar-refractivity contribution in [3.05, 3.63) is 17.0 Å². The SMILES string of the molecule is CC(=O)NCCc1ccc(S(=O)(=O)N[C@H]2CCC[C@H](C)C2)s1. The lowest BCUT2D eigenvalue weighted by Crippen LogP contribution is -2.37. The topological polar surface area (TPSA) is 75.3 Å². The Morgan fingerprint density at radius 1 is 1.36 bits per heavy atom. The second-order valence-electron chi connectivity index (χ2n) is 6.04. The van der Waals surface area contributed by atoms with Crippen molar-refractivity contribution in [1.29, 1.82) is 0 Å². The van der Waals surface area contributed by atoms with Crippen molar-refractivity contribution in [2.45, 2.75) is 56.2 Å². The van der Waals surface area contributed by atoms with Crippen LogP contribution in [-0.4, -0.2) is 26.9 Å². The monoisotopic (exact) mass is 344 g/mol. The molecule has 0 spiro atoms. The van der Waals surface area contributed by atoms with Crippen LogP contribution in [0.15, 0.2) is 16.3 Å². The fourth-order valence-electron chi connectivity index (χ4n) is 2.82. The summed E-state index contributed by atoms with van der Waals surface area (Å²) < 4.78 is 28.1. The molecule has 0 aromatic carbocycles. The number of rotatable bonds is 6. The summed E-state index contributed by atoms with van der Waals surface area (Å²) in [5.74, 6) is 0.510. The molecule has 0 aliphatic heterocycles. The molecule has 0 unspecified atom stereocenters. The summed E-state index contributed by atoms with van der Waals surface area (Å²) in [6.07, 6.45) is 4.76. The maximum absolute atomic E-state index is 12.4. The molecule has 2 rings (SSSR count). The Hall–Kier alpha value is -0.920. The third kappa shape index (κ3) is 5.07. The van der Waals surface area contributed by atoms with E-state index in [0.29, 0.717) is 23.1 Å². The quantitative estimate of drug-likeness (QED) is 0.831. The number of carbonyl (C=O) groups excluding carboxylic acids is 1. The van der Waals surface area contributed by atoms with E-state index >= 15 is 0 Å². The molecule has 0 saturated heterocycles. The molecule has 7 heteroatoms. The molecule has 1 fully saturated rings. The van der Waals surface area contributed by atoms with Crippen LogP contribution in [0.3, 0.4) is 0 Å². The summed E-state index contributed by atoms with van der Waals surface area (Å²) in [5, 5.41) is 2.72. The zero-order chi connectivity index (χ0) is 16.2. The molecule has 22 heavy (non-hydrogen) atoms. The second kappa shape index (κ2) is 7.57. The van der Waals surface area contributed by atoms with Gasteiger partial charge in [-0.05, 0) is 37.3 Å². The molecule has 1 amide bonds. The van der Waals surface area contributed by atoms with Gasteiger partial charge in [0.15, 0.2) is 0 Å². The first-order valence-corrected chi connectivity index (χ1v) is 10.0. The van der Waals surface area contributed by atoms with E-state index in [4.69, 9.17) is 0 Å². The fourth-order valence-corrected chi connectivity index (χ4v) is 5.47. The third-order valence-electron chi connectivity index (χ3n) is 3.91. The minimum atomic E-state index is -3.42. The Morgan fingerprint density at radius 3 is 2.82 bits per heavy atom. The zero-order valence-corrected chi connectivity index (χ0v) is 14.7. The van der Waals surface area contributed by atoms with Gasteiger partial charge in [0.25, 0.3) is 0 Å². The number of sulfonamides is 1. The highest BCUT2D eigenvalue weighted by Gasteiger charge is 2.25. The van der Waals surface area contributed by atoms with Crippen LogP contribution in [0.5, 0.6) is 0 Å². The van der Waals surface area contributed by atoms with Gasteiger partial charge in [0.2, 0.25) is 15.9 Å². The van der Waals surface area contributed by atoms with E-state index in [9.17, 15) is 13.2 Å². The Balaban J connectivity index is 1.94. The van der Waals surface area contributed by atoms with Crippen LogP contribution in [0.25, 0.3) is 0 Å². The lowest BCUT2D eigenvalue weighted by atomic mass is 9.88. The fraction of sp³-hybridized carbons (Fsp3) is 0.667. The van der Waals surface area contributed by atoms with Gasteiger partial charge >= 0.3 is 0 Å². The van der Waals surface area contributed by atoms with Crippen molar-refractivity contribution >= 4 is 27.3 Å². The molecular weight excluding hydrogens is 320 g/mol. The van der Waals surface area contributed by atoms with E-state index in [0.717, 1.165) is 24.1 Å². The van der Waals surface area contributed by atoms with Crippen molar-refractivity contribution in [3.63, 3.8) is 0 Å². The maximum Gasteiger partial charge on any atom is 0.250 e. The van der Waals surface area contributed by atoms with Gasteiger partial charge in [-0.3, -0.25) is 4.79 Å². The molecule has 1 aromatic heterocycles. The Bertz CT molecular complexity index is 610. The summed E-state index contributed by atoms with van der Waals surface area (Å²) >= 11 is 1.28. The first-order valence-electron chi connectivity index (χ1n) is 7.72. The van der Waals surface area contributed by atoms with E-state index in [1.807, 2.05) is 6.07 Å². The summed E-state index contributed by atoms with van der Waals surface area (Å²) in [7, 11) is -3.42. The standard InChI is InChI=1S/C15H24N2O3S2/c1-11-4-3-5-13(10-11)17-22(19,20)15-7-6-14(21-15)8-9-16-12(2)18/h6-7,11,13,17H,3-5,8-10H2,1-2H3,(H,16,18)/t11-,13-/m0/s1. The summed E-state index contributed by atoms with van der Waals surface area (Å²) in [4.78, 5) is 11.8. The van der Waals surface area contributed by atoms with Crippen LogP contribution < -0.4 is 10.0 Å².